The third kappa shape index (κ3) is 5.48. The van der Waals surface area contributed by atoms with Crippen LogP contribution in [0.1, 0.15) is 5.56 Å². The maximum atomic E-state index is 11.1. The highest BCUT2D eigenvalue weighted by molar-refractivity contribution is 7.53. The zero-order chi connectivity index (χ0) is 12.5. The Morgan fingerprint density at radius 2 is 1.41 bits per heavy atom. The molecule has 0 aromatic heterocycles. The molecule has 2 N–H and O–H groups in total. The lowest BCUT2D eigenvalue weighted by atomic mass is 10.2. The summed E-state index contributed by atoms with van der Waals surface area (Å²) in [5.41, 5.74) is 6.56. The van der Waals surface area contributed by atoms with Crippen LogP contribution in [0.25, 0.3) is 0 Å². The fourth-order valence-corrected chi connectivity index (χ4v) is 2.08. The molecule has 0 radical (unpaired) electrons. The zero-order valence-electron chi connectivity index (χ0n) is 9.97. The molecular formula is C14H18NOP. The van der Waals surface area contributed by atoms with E-state index in [2.05, 4.69) is 19.1 Å². The van der Waals surface area contributed by atoms with Gasteiger partial charge >= 0.3 is 0 Å². The Bertz CT molecular complexity index is 442. The second-order valence-electron chi connectivity index (χ2n) is 3.65. The maximum Gasteiger partial charge on any atom is 0.117 e. The molecule has 0 bridgehead atoms. The van der Waals surface area contributed by atoms with E-state index in [0.29, 0.717) is 0 Å². The highest BCUT2D eigenvalue weighted by Crippen LogP contribution is 2.14. The van der Waals surface area contributed by atoms with Crippen molar-refractivity contribution < 1.29 is 4.57 Å². The quantitative estimate of drug-likeness (QED) is 0.829. The minimum atomic E-state index is -1.68. The van der Waals surface area contributed by atoms with Crippen molar-refractivity contribution in [2.75, 3.05) is 6.29 Å². The number of hydrogen-bond donors (Lipinski definition) is 1. The summed E-state index contributed by atoms with van der Waals surface area (Å²) in [4.78, 5) is 0. The molecule has 0 spiro atoms. The predicted octanol–water partition coefficient (Wildman–Crippen LogP) is 2.78. The Hall–Kier alpha value is -1.37. The molecule has 2 aromatic carbocycles. The smallest absolute Gasteiger partial charge is 0.117 e. The second kappa shape index (κ2) is 7.83. The Morgan fingerprint density at radius 1 is 0.941 bits per heavy atom. The van der Waals surface area contributed by atoms with Crippen molar-refractivity contribution in [3.8, 4) is 0 Å². The molecule has 0 saturated carbocycles. The van der Waals surface area contributed by atoms with Crippen molar-refractivity contribution in [3.05, 3.63) is 66.2 Å². The summed E-state index contributed by atoms with van der Waals surface area (Å²) in [6, 6.07) is 19.6. The molecule has 17 heavy (non-hydrogen) atoms. The second-order valence-corrected chi connectivity index (χ2v) is 5.48. The van der Waals surface area contributed by atoms with Gasteiger partial charge in [-0.25, -0.2) is 0 Å². The number of hydrogen-bond acceptors (Lipinski definition) is 2. The van der Waals surface area contributed by atoms with Gasteiger partial charge in [-0.1, -0.05) is 66.2 Å². The van der Waals surface area contributed by atoms with Crippen LogP contribution < -0.4 is 11.0 Å². The lowest BCUT2D eigenvalue weighted by molar-refractivity contribution is 0.593. The van der Waals surface area contributed by atoms with Crippen molar-refractivity contribution >= 4 is 13.1 Å². The van der Waals surface area contributed by atoms with Gasteiger partial charge in [0.25, 0.3) is 0 Å². The van der Waals surface area contributed by atoms with Crippen LogP contribution in [0.15, 0.2) is 60.7 Å². The molecule has 0 aliphatic heterocycles. The summed E-state index contributed by atoms with van der Waals surface area (Å²) in [5.74, 6) is 0. The van der Waals surface area contributed by atoms with Crippen molar-refractivity contribution in [3.63, 3.8) is 0 Å². The Labute approximate surface area is 103 Å². The standard InChI is InChI=1S/C7H10NOP.C7H8/c8-6-10(9)7-4-2-1-3-5-7;1-7-5-3-2-4-6-7/h1-5,10H,6,8H2;2-6H,1H3. The van der Waals surface area contributed by atoms with Crippen LogP contribution in [-0.2, 0) is 4.57 Å². The lowest BCUT2D eigenvalue weighted by Gasteiger charge is -1.95. The van der Waals surface area contributed by atoms with E-state index in [1.165, 1.54) is 5.56 Å². The normalized spacial score (nSPS) is 11.2. The van der Waals surface area contributed by atoms with Crippen molar-refractivity contribution in [1.82, 2.24) is 0 Å². The first kappa shape index (κ1) is 13.7. The number of aryl methyl sites for hydroxylation is 1. The Balaban J connectivity index is 0.000000181. The third-order valence-electron chi connectivity index (χ3n) is 2.22. The molecular weight excluding hydrogens is 229 g/mol. The summed E-state index contributed by atoms with van der Waals surface area (Å²) < 4.78 is 11.1. The zero-order valence-corrected chi connectivity index (χ0v) is 11.0. The fraction of sp³-hybridized carbons (Fsp3) is 0.143. The van der Waals surface area contributed by atoms with Gasteiger partial charge in [0.2, 0.25) is 0 Å². The predicted molar refractivity (Wildman–Crippen MR) is 75.3 cm³/mol. The van der Waals surface area contributed by atoms with Crippen LogP contribution >= 0.6 is 7.80 Å². The first-order valence-corrected chi connectivity index (χ1v) is 7.15. The van der Waals surface area contributed by atoms with E-state index in [1.807, 2.05) is 48.5 Å². The first-order valence-electron chi connectivity index (χ1n) is 5.54. The third-order valence-corrected chi connectivity index (χ3v) is 3.57. The average Bonchev–Trinajstić information content (AvgIpc) is 2.40. The Morgan fingerprint density at radius 3 is 1.76 bits per heavy atom. The molecule has 0 aliphatic carbocycles. The summed E-state index contributed by atoms with van der Waals surface area (Å²) in [6.45, 7) is 2.08. The van der Waals surface area contributed by atoms with Gasteiger partial charge in [-0.05, 0) is 6.92 Å². The van der Waals surface area contributed by atoms with E-state index in [4.69, 9.17) is 5.73 Å². The molecule has 2 aromatic rings. The van der Waals surface area contributed by atoms with Gasteiger partial charge in [0.15, 0.2) is 0 Å². The van der Waals surface area contributed by atoms with Crippen LogP contribution in [0, 0.1) is 6.92 Å². The number of rotatable bonds is 2. The molecule has 2 nitrogen and oxygen atoms in total. The van der Waals surface area contributed by atoms with Gasteiger partial charge in [-0.2, -0.15) is 0 Å². The maximum absolute atomic E-state index is 11.1. The molecule has 0 fully saturated rings. The first-order chi connectivity index (χ1) is 8.24. The number of nitrogens with two attached hydrogens (primary N) is 1. The molecule has 0 saturated heterocycles. The monoisotopic (exact) mass is 247 g/mol. The molecule has 3 heteroatoms. The Kier molecular flexibility index (Phi) is 6.31. The summed E-state index contributed by atoms with van der Waals surface area (Å²) >= 11 is 0. The van der Waals surface area contributed by atoms with Crippen LogP contribution in [0.3, 0.4) is 0 Å². The van der Waals surface area contributed by atoms with E-state index in [1.54, 1.807) is 0 Å². The highest BCUT2D eigenvalue weighted by Gasteiger charge is 1.96. The van der Waals surface area contributed by atoms with E-state index in [-0.39, 0.29) is 6.29 Å². The van der Waals surface area contributed by atoms with E-state index in [9.17, 15) is 4.57 Å². The molecule has 90 valence electrons. The van der Waals surface area contributed by atoms with E-state index in [0.717, 1.165) is 5.30 Å². The SMILES string of the molecule is Cc1ccccc1.NC[PH](=O)c1ccccc1. The van der Waals surface area contributed by atoms with Crippen LogP contribution in [0.5, 0.6) is 0 Å². The molecule has 0 heterocycles. The minimum absolute atomic E-state index is 0.272. The van der Waals surface area contributed by atoms with Crippen LogP contribution in [-0.4, -0.2) is 6.29 Å². The fourth-order valence-electron chi connectivity index (χ4n) is 1.28. The number of benzene rings is 2. The van der Waals surface area contributed by atoms with Gasteiger partial charge in [0, 0.05) is 11.6 Å². The average molecular weight is 247 g/mol. The topological polar surface area (TPSA) is 43.1 Å². The van der Waals surface area contributed by atoms with Gasteiger partial charge < -0.3 is 10.3 Å². The van der Waals surface area contributed by atoms with Crippen LogP contribution in [0.4, 0.5) is 0 Å². The van der Waals surface area contributed by atoms with Gasteiger partial charge in [-0.3, -0.25) is 0 Å². The molecule has 0 aliphatic rings. The largest absolute Gasteiger partial charge is 0.324 e. The van der Waals surface area contributed by atoms with Gasteiger partial charge in [-0.15, -0.1) is 0 Å². The molecule has 2 rings (SSSR count). The van der Waals surface area contributed by atoms with E-state index < -0.39 is 7.80 Å². The van der Waals surface area contributed by atoms with Crippen molar-refractivity contribution in [2.45, 2.75) is 6.92 Å². The minimum Gasteiger partial charge on any atom is -0.324 e. The summed E-state index contributed by atoms with van der Waals surface area (Å²) in [7, 11) is -1.68. The summed E-state index contributed by atoms with van der Waals surface area (Å²) in [5, 5.41) is 0.870. The lowest BCUT2D eigenvalue weighted by Crippen LogP contribution is -2.02. The van der Waals surface area contributed by atoms with Crippen molar-refractivity contribution in [2.24, 2.45) is 5.73 Å². The van der Waals surface area contributed by atoms with Gasteiger partial charge in [0.1, 0.15) is 7.80 Å². The summed E-state index contributed by atoms with van der Waals surface area (Å²) in [6.07, 6.45) is 0.272. The van der Waals surface area contributed by atoms with Crippen LogP contribution in [0.2, 0.25) is 0 Å². The van der Waals surface area contributed by atoms with Gasteiger partial charge in [0.05, 0.1) is 0 Å². The molecule has 1 unspecified atom stereocenters. The van der Waals surface area contributed by atoms with Crippen molar-refractivity contribution in [1.29, 1.82) is 0 Å². The molecule has 1 atom stereocenters. The molecule has 0 amide bonds. The van der Waals surface area contributed by atoms with E-state index >= 15 is 0 Å². The highest BCUT2D eigenvalue weighted by atomic mass is 31.1.